The van der Waals surface area contributed by atoms with E-state index in [4.69, 9.17) is 4.74 Å². The predicted octanol–water partition coefficient (Wildman–Crippen LogP) is 10.3. The minimum atomic E-state index is -0.500. The van der Waals surface area contributed by atoms with Gasteiger partial charge in [-0.1, -0.05) is 122 Å². The van der Waals surface area contributed by atoms with Crippen molar-refractivity contribution in [3.8, 4) is 22.6 Å². The van der Waals surface area contributed by atoms with Gasteiger partial charge < -0.3 is 9.84 Å². The molecule has 0 saturated carbocycles. The molecule has 0 heterocycles. The fourth-order valence-electron chi connectivity index (χ4n) is 6.95. The number of phenols is 1. The van der Waals surface area contributed by atoms with E-state index in [2.05, 4.69) is 134 Å². The largest absolute Gasteiger partial charge is 0.508 e. The first-order valence-electron chi connectivity index (χ1n) is 14.9. The van der Waals surface area contributed by atoms with Gasteiger partial charge >= 0.3 is 0 Å². The second kappa shape index (κ2) is 10.3. The molecule has 1 N–H and O–H groups in total. The van der Waals surface area contributed by atoms with Crippen molar-refractivity contribution in [2.75, 3.05) is 0 Å². The van der Waals surface area contributed by atoms with Crippen LogP contribution in [0, 0.1) is 0 Å². The van der Waals surface area contributed by atoms with Crippen LogP contribution in [0.15, 0.2) is 152 Å². The lowest BCUT2D eigenvalue weighted by Gasteiger charge is -2.34. The molecule has 2 heteroatoms. The van der Waals surface area contributed by atoms with Gasteiger partial charge in [-0.25, -0.2) is 0 Å². The van der Waals surface area contributed by atoms with Crippen LogP contribution < -0.4 is 4.74 Å². The molecule has 210 valence electrons. The average molecular weight is 567 g/mol. The second-order valence-electron chi connectivity index (χ2n) is 11.5. The van der Waals surface area contributed by atoms with Gasteiger partial charge in [-0.3, -0.25) is 0 Å². The van der Waals surface area contributed by atoms with E-state index >= 15 is 0 Å². The van der Waals surface area contributed by atoms with Crippen LogP contribution in [0.1, 0.15) is 33.4 Å². The molecule has 44 heavy (non-hydrogen) atoms. The Morgan fingerprint density at radius 1 is 0.568 bits per heavy atom. The highest BCUT2D eigenvalue weighted by atomic mass is 16.5. The van der Waals surface area contributed by atoms with Gasteiger partial charge in [-0.2, -0.15) is 0 Å². The Labute approximate surface area is 257 Å². The number of ether oxygens (including phenoxy) is 1. The molecule has 0 unspecified atom stereocenters. The molecule has 0 saturated heterocycles. The Kier molecular flexibility index (Phi) is 6.09. The Morgan fingerprint density at radius 2 is 1.11 bits per heavy atom. The number of hydrogen-bond donors (Lipinski definition) is 1. The van der Waals surface area contributed by atoms with Crippen LogP contribution in [0.2, 0.25) is 0 Å². The van der Waals surface area contributed by atoms with Crippen molar-refractivity contribution in [2.24, 2.45) is 0 Å². The fraction of sp³-hybridized carbons (Fsp3) is 0.0476. The Balaban J connectivity index is 1.27. The first-order chi connectivity index (χ1) is 21.6. The van der Waals surface area contributed by atoms with Gasteiger partial charge in [0.1, 0.15) is 18.1 Å². The molecular formula is C42H30O2. The van der Waals surface area contributed by atoms with Gasteiger partial charge in [0.05, 0.1) is 5.41 Å². The zero-order valence-electron chi connectivity index (χ0n) is 24.2. The quantitative estimate of drug-likeness (QED) is 0.217. The first-order valence-corrected chi connectivity index (χ1v) is 14.9. The van der Waals surface area contributed by atoms with Crippen LogP contribution in [0.25, 0.3) is 38.7 Å². The molecule has 0 bridgehead atoms. The maximum atomic E-state index is 10.1. The molecule has 0 radical (unpaired) electrons. The molecule has 1 aliphatic carbocycles. The van der Waals surface area contributed by atoms with Gasteiger partial charge in [0.2, 0.25) is 0 Å². The van der Waals surface area contributed by atoms with E-state index in [1.165, 1.54) is 33.4 Å². The van der Waals surface area contributed by atoms with Crippen molar-refractivity contribution in [2.45, 2.75) is 12.0 Å². The number of phenolic OH excluding ortho intramolecular Hbond substituents is 1. The monoisotopic (exact) mass is 566 g/mol. The van der Waals surface area contributed by atoms with Gasteiger partial charge in [0, 0.05) is 0 Å². The summed E-state index contributed by atoms with van der Waals surface area (Å²) < 4.78 is 6.19. The SMILES string of the molecule is C=Cc1ccc(COc2ccc3cc(C4(c5ccc6cc(O)ccc6c5)c5ccccc5-c5ccccc54)ccc3c2)cc1. The summed E-state index contributed by atoms with van der Waals surface area (Å²) in [4.78, 5) is 0. The van der Waals surface area contributed by atoms with Gasteiger partial charge in [-0.15, -0.1) is 0 Å². The maximum Gasteiger partial charge on any atom is 0.120 e. The molecule has 8 rings (SSSR count). The number of fused-ring (bicyclic) bond motifs is 5. The van der Waals surface area contributed by atoms with Gasteiger partial charge in [0.15, 0.2) is 0 Å². The van der Waals surface area contributed by atoms with Crippen molar-refractivity contribution in [3.05, 3.63) is 186 Å². The zero-order valence-corrected chi connectivity index (χ0v) is 24.2. The topological polar surface area (TPSA) is 29.5 Å². The van der Waals surface area contributed by atoms with Crippen molar-refractivity contribution < 1.29 is 9.84 Å². The summed E-state index contributed by atoms with van der Waals surface area (Å²) in [5.74, 6) is 1.13. The summed E-state index contributed by atoms with van der Waals surface area (Å²) in [5.41, 5.74) is 9.23. The fourth-order valence-corrected chi connectivity index (χ4v) is 6.95. The molecule has 0 amide bonds. The minimum Gasteiger partial charge on any atom is -0.508 e. The normalized spacial score (nSPS) is 13.0. The van der Waals surface area contributed by atoms with E-state index in [1.54, 1.807) is 6.07 Å². The standard InChI is InChI=1S/C42H30O2/c1-2-28-11-13-29(14-12-28)27-44-37-22-18-31-24-35(20-16-33(31)26-37)42(34-19-15-32-25-36(43)21-17-30(32)23-34)40-9-5-3-7-38(40)39-8-4-6-10-41(39)42/h2-26,43H,1,27H2. The van der Waals surface area contributed by atoms with Gasteiger partial charge in [0.25, 0.3) is 0 Å². The molecule has 0 aliphatic heterocycles. The highest BCUT2D eigenvalue weighted by Crippen LogP contribution is 2.56. The predicted molar refractivity (Wildman–Crippen MR) is 181 cm³/mol. The van der Waals surface area contributed by atoms with E-state index in [0.717, 1.165) is 38.4 Å². The zero-order chi connectivity index (χ0) is 29.7. The second-order valence-corrected chi connectivity index (χ2v) is 11.5. The Bertz CT molecular complexity index is 2160. The Morgan fingerprint density at radius 3 is 1.75 bits per heavy atom. The summed E-state index contributed by atoms with van der Waals surface area (Å²) in [5, 5.41) is 14.5. The highest BCUT2D eigenvalue weighted by molar-refractivity contribution is 5.92. The number of hydrogen-bond acceptors (Lipinski definition) is 2. The van der Waals surface area contributed by atoms with E-state index < -0.39 is 5.41 Å². The highest BCUT2D eigenvalue weighted by Gasteiger charge is 2.46. The van der Waals surface area contributed by atoms with E-state index in [9.17, 15) is 5.11 Å². The molecule has 0 fully saturated rings. The molecule has 1 aliphatic rings. The van der Waals surface area contributed by atoms with Crippen LogP contribution in [-0.4, -0.2) is 5.11 Å². The third-order valence-electron chi connectivity index (χ3n) is 9.07. The molecular weight excluding hydrogens is 536 g/mol. The number of aromatic hydroxyl groups is 1. The van der Waals surface area contributed by atoms with Crippen LogP contribution >= 0.6 is 0 Å². The van der Waals surface area contributed by atoms with E-state index in [0.29, 0.717) is 6.61 Å². The third kappa shape index (κ3) is 4.11. The van der Waals surface area contributed by atoms with Gasteiger partial charge in [-0.05, 0) is 102 Å². The van der Waals surface area contributed by atoms with Crippen LogP contribution in [0.3, 0.4) is 0 Å². The summed E-state index contributed by atoms with van der Waals surface area (Å²) in [7, 11) is 0. The molecule has 2 nitrogen and oxygen atoms in total. The lowest BCUT2D eigenvalue weighted by atomic mass is 9.67. The molecule has 7 aromatic carbocycles. The third-order valence-corrected chi connectivity index (χ3v) is 9.07. The molecule has 0 aromatic heterocycles. The van der Waals surface area contributed by atoms with E-state index in [1.807, 2.05) is 18.2 Å². The summed E-state index contributed by atoms with van der Waals surface area (Å²) in [6.07, 6.45) is 1.85. The first kappa shape index (κ1) is 26.1. The van der Waals surface area contributed by atoms with Crippen molar-refractivity contribution in [3.63, 3.8) is 0 Å². The van der Waals surface area contributed by atoms with Crippen LogP contribution in [0.5, 0.6) is 11.5 Å². The van der Waals surface area contributed by atoms with Crippen LogP contribution in [0.4, 0.5) is 0 Å². The van der Waals surface area contributed by atoms with Crippen molar-refractivity contribution in [1.29, 1.82) is 0 Å². The Hall–Kier alpha value is -5.60. The lowest BCUT2D eigenvalue weighted by molar-refractivity contribution is 0.306. The minimum absolute atomic E-state index is 0.278. The smallest absolute Gasteiger partial charge is 0.120 e. The molecule has 7 aromatic rings. The van der Waals surface area contributed by atoms with Crippen molar-refractivity contribution in [1.82, 2.24) is 0 Å². The number of benzene rings is 7. The molecule has 0 spiro atoms. The summed E-state index contributed by atoms with van der Waals surface area (Å²) in [6, 6.07) is 51.3. The average Bonchev–Trinajstić information content (AvgIpc) is 3.38. The lowest BCUT2D eigenvalue weighted by Crippen LogP contribution is -2.28. The van der Waals surface area contributed by atoms with E-state index in [-0.39, 0.29) is 5.75 Å². The van der Waals surface area contributed by atoms with Crippen molar-refractivity contribution >= 4 is 27.6 Å². The summed E-state index contributed by atoms with van der Waals surface area (Å²) in [6.45, 7) is 4.34. The number of rotatable bonds is 6. The maximum absolute atomic E-state index is 10.1. The van der Waals surface area contributed by atoms with Crippen LogP contribution in [-0.2, 0) is 12.0 Å². The molecule has 0 atom stereocenters. The summed E-state index contributed by atoms with van der Waals surface area (Å²) >= 11 is 0.